The van der Waals surface area contributed by atoms with Crippen molar-refractivity contribution in [3.05, 3.63) is 91.8 Å². The van der Waals surface area contributed by atoms with Gasteiger partial charge in [-0.05, 0) is 55.0 Å². The smallest absolute Gasteiger partial charge is 0.280 e. The van der Waals surface area contributed by atoms with Crippen LogP contribution in [0.4, 0.5) is 0 Å². The third-order valence-corrected chi connectivity index (χ3v) is 5.77. The average molecular weight is 469 g/mol. The maximum absolute atomic E-state index is 13.0. The summed E-state index contributed by atoms with van der Waals surface area (Å²) in [5.41, 5.74) is 3.82. The lowest BCUT2D eigenvalue weighted by Crippen LogP contribution is -2.23. The third-order valence-electron chi connectivity index (χ3n) is 5.03. The van der Waals surface area contributed by atoms with E-state index < -0.39 is 5.91 Å². The highest BCUT2D eigenvalue weighted by molar-refractivity contribution is 6.42. The number of nitrogens with one attached hydrogen (secondary N) is 2. The van der Waals surface area contributed by atoms with E-state index in [0.29, 0.717) is 32.7 Å². The summed E-state index contributed by atoms with van der Waals surface area (Å²) in [6.07, 6.45) is 0. The predicted octanol–water partition coefficient (Wildman–Crippen LogP) is 4.79. The van der Waals surface area contributed by atoms with Crippen molar-refractivity contribution in [2.24, 2.45) is 5.10 Å². The molecular weight excluding hydrogens is 451 g/mol. The van der Waals surface area contributed by atoms with E-state index in [-0.39, 0.29) is 16.9 Å². The minimum atomic E-state index is -0.592. The summed E-state index contributed by atoms with van der Waals surface area (Å²) in [5, 5.41) is 19.6. The van der Waals surface area contributed by atoms with Gasteiger partial charge in [-0.3, -0.25) is 14.7 Å². The van der Waals surface area contributed by atoms with E-state index in [1.807, 2.05) is 24.3 Å². The Balaban J connectivity index is 1.63. The number of aromatic amines is 1. The molecule has 0 saturated heterocycles. The Morgan fingerprint density at radius 1 is 1.06 bits per heavy atom. The Bertz CT molecular complexity index is 1450. The number of amides is 1. The first kappa shape index (κ1) is 21.7. The number of nitrogens with zero attached hydrogens (tertiary/aromatic N) is 2. The fourth-order valence-electron chi connectivity index (χ4n) is 3.44. The molecule has 0 fully saturated rings. The monoisotopic (exact) mass is 468 g/mol. The number of H-pyrrole nitrogens is 1. The zero-order valence-electron chi connectivity index (χ0n) is 17.1. The molecule has 1 amide bonds. The number of carbonyl (C=O) groups is 1. The number of hydrogen-bond acceptors (Lipinski definition) is 4. The molecule has 3 aromatic carbocycles. The van der Waals surface area contributed by atoms with Crippen LogP contribution < -0.4 is 11.0 Å². The summed E-state index contributed by atoms with van der Waals surface area (Å²) >= 11 is 12.0. The summed E-state index contributed by atoms with van der Waals surface area (Å²) in [6.45, 7) is 3.33. The van der Waals surface area contributed by atoms with Gasteiger partial charge < -0.3 is 5.11 Å². The number of phenolic OH excluding ortho intramolecular Hbond substituents is 1. The van der Waals surface area contributed by atoms with Gasteiger partial charge >= 0.3 is 0 Å². The van der Waals surface area contributed by atoms with Crippen LogP contribution in [0.25, 0.3) is 16.5 Å². The molecule has 1 heterocycles. The Hall–Kier alpha value is -3.55. The Kier molecular flexibility index (Phi) is 5.78. The molecule has 0 radical (unpaired) electrons. The Morgan fingerprint density at radius 2 is 1.75 bits per heavy atom. The van der Waals surface area contributed by atoms with Crippen LogP contribution in [0.1, 0.15) is 28.5 Å². The highest BCUT2D eigenvalue weighted by atomic mass is 35.5. The number of aryl methyl sites for hydroxylation is 1. The highest BCUT2D eigenvalue weighted by Gasteiger charge is 2.17. The normalized spacial score (nSPS) is 11.7. The van der Waals surface area contributed by atoms with Crippen molar-refractivity contribution in [2.75, 3.05) is 0 Å². The van der Waals surface area contributed by atoms with Crippen molar-refractivity contribution in [2.45, 2.75) is 13.8 Å². The number of phenols is 1. The topological polar surface area (TPSA) is 99.5 Å². The van der Waals surface area contributed by atoms with Crippen LogP contribution in [-0.2, 0) is 0 Å². The molecule has 0 aliphatic carbocycles. The van der Waals surface area contributed by atoms with Gasteiger partial charge in [0.15, 0.2) is 0 Å². The SMILES string of the molecule is C/C(=N\NC(=O)c1cc2ccccc2cc1O)c1c(C)[nH]n(-c2ccc(Cl)c(Cl)c2)c1=O. The first-order chi connectivity index (χ1) is 15.3. The molecule has 0 unspecified atom stereocenters. The van der Waals surface area contributed by atoms with Crippen LogP contribution in [0.15, 0.2) is 64.5 Å². The third kappa shape index (κ3) is 4.00. The number of aromatic nitrogens is 2. The summed E-state index contributed by atoms with van der Waals surface area (Å²) in [7, 11) is 0. The minimum Gasteiger partial charge on any atom is -0.507 e. The van der Waals surface area contributed by atoms with E-state index in [4.69, 9.17) is 23.2 Å². The first-order valence-corrected chi connectivity index (χ1v) is 10.4. The van der Waals surface area contributed by atoms with Crippen molar-refractivity contribution in [3.63, 3.8) is 0 Å². The summed E-state index contributed by atoms with van der Waals surface area (Å²) in [4.78, 5) is 25.6. The molecule has 4 rings (SSSR count). The van der Waals surface area contributed by atoms with Gasteiger partial charge in [0.2, 0.25) is 0 Å². The largest absolute Gasteiger partial charge is 0.507 e. The second-order valence-corrected chi connectivity index (χ2v) is 8.02. The molecule has 9 heteroatoms. The number of aromatic hydroxyl groups is 1. The van der Waals surface area contributed by atoms with Crippen LogP contribution in [0.3, 0.4) is 0 Å². The van der Waals surface area contributed by atoms with Crippen LogP contribution in [0, 0.1) is 6.92 Å². The van der Waals surface area contributed by atoms with E-state index in [0.717, 1.165) is 10.8 Å². The molecule has 1 aromatic heterocycles. The highest BCUT2D eigenvalue weighted by Crippen LogP contribution is 2.25. The number of benzene rings is 3. The van der Waals surface area contributed by atoms with Crippen LogP contribution in [0.2, 0.25) is 10.0 Å². The molecule has 162 valence electrons. The van der Waals surface area contributed by atoms with Crippen molar-refractivity contribution < 1.29 is 9.90 Å². The second kappa shape index (κ2) is 8.53. The fraction of sp³-hybridized carbons (Fsp3) is 0.0870. The first-order valence-electron chi connectivity index (χ1n) is 9.60. The number of hydrazone groups is 1. The van der Waals surface area contributed by atoms with E-state index >= 15 is 0 Å². The van der Waals surface area contributed by atoms with Gasteiger partial charge in [0.25, 0.3) is 11.5 Å². The molecule has 0 saturated carbocycles. The molecule has 4 aromatic rings. The Morgan fingerprint density at radius 3 is 2.44 bits per heavy atom. The van der Waals surface area contributed by atoms with Crippen molar-refractivity contribution in [1.82, 2.24) is 15.2 Å². The van der Waals surface area contributed by atoms with Crippen LogP contribution in [0.5, 0.6) is 5.75 Å². The van der Waals surface area contributed by atoms with Gasteiger partial charge in [0.05, 0.1) is 32.6 Å². The fourth-order valence-corrected chi connectivity index (χ4v) is 3.73. The van der Waals surface area contributed by atoms with E-state index in [9.17, 15) is 14.7 Å². The molecule has 0 atom stereocenters. The number of halogens is 2. The van der Waals surface area contributed by atoms with Crippen LogP contribution >= 0.6 is 23.2 Å². The maximum atomic E-state index is 13.0. The Labute approximate surface area is 192 Å². The van der Waals surface area contributed by atoms with Gasteiger partial charge in [-0.2, -0.15) is 5.10 Å². The van der Waals surface area contributed by atoms with E-state index in [2.05, 4.69) is 15.6 Å². The maximum Gasteiger partial charge on any atom is 0.280 e. The zero-order chi connectivity index (χ0) is 23.0. The van der Waals surface area contributed by atoms with Gasteiger partial charge in [0, 0.05) is 5.69 Å². The molecule has 7 nitrogen and oxygen atoms in total. The number of hydrogen-bond donors (Lipinski definition) is 3. The lowest BCUT2D eigenvalue weighted by Gasteiger charge is -2.06. The number of rotatable bonds is 4. The van der Waals surface area contributed by atoms with Gasteiger partial charge in [-0.25, -0.2) is 10.1 Å². The quantitative estimate of drug-likeness (QED) is 0.296. The molecule has 0 spiro atoms. The molecule has 0 bridgehead atoms. The molecule has 32 heavy (non-hydrogen) atoms. The predicted molar refractivity (Wildman–Crippen MR) is 126 cm³/mol. The second-order valence-electron chi connectivity index (χ2n) is 7.21. The van der Waals surface area contributed by atoms with Crippen molar-refractivity contribution in [3.8, 4) is 11.4 Å². The number of carbonyl (C=O) groups excluding carboxylic acids is 1. The van der Waals surface area contributed by atoms with Crippen molar-refractivity contribution >= 4 is 45.6 Å². The summed E-state index contributed by atoms with van der Waals surface area (Å²) in [5.74, 6) is -0.751. The zero-order valence-corrected chi connectivity index (χ0v) is 18.6. The molecular formula is C23H18Cl2N4O3. The summed E-state index contributed by atoms with van der Waals surface area (Å²) < 4.78 is 1.32. The molecule has 3 N–H and O–H groups in total. The van der Waals surface area contributed by atoms with Crippen LogP contribution in [-0.4, -0.2) is 26.5 Å². The van der Waals surface area contributed by atoms with E-state index in [1.54, 1.807) is 38.1 Å². The lowest BCUT2D eigenvalue weighted by atomic mass is 10.1. The van der Waals surface area contributed by atoms with Gasteiger partial charge in [-0.15, -0.1) is 0 Å². The molecule has 0 aliphatic rings. The van der Waals surface area contributed by atoms with Gasteiger partial charge in [-0.1, -0.05) is 47.5 Å². The van der Waals surface area contributed by atoms with E-state index in [1.165, 1.54) is 10.7 Å². The summed E-state index contributed by atoms with van der Waals surface area (Å²) in [6, 6.07) is 15.3. The number of fused-ring (bicyclic) bond motifs is 1. The lowest BCUT2D eigenvalue weighted by molar-refractivity contribution is 0.0952. The average Bonchev–Trinajstić information content (AvgIpc) is 3.07. The standard InChI is InChI=1S/C23H18Cl2N4O3/c1-12(21-13(2)28-29(23(21)32)16-7-8-18(24)19(25)11-16)26-27-22(31)17-9-14-5-3-4-6-15(14)10-20(17)30/h3-11,28,30H,1-2H3,(H,27,31)/b26-12+. The molecule has 0 aliphatic heterocycles. The minimum absolute atomic E-state index is 0.0826. The van der Waals surface area contributed by atoms with Gasteiger partial charge in [0.1, 0.15) is 5.75 Å². The van der Waals surface area contributed by atoms with Crippen molar-refractivity contribution in [1.29, 1.82) is 0 Å².